The topological polar surface area (TPSA) is 21.3 Å². The van der Waals surface area contributed by atoms with Crippen LogP contribution < -0.4 is 10.1 Å². The largest absolute Gasteiger partial charge is 0.487 e. The Kier molecular flexibility index (Phi) is 8.55. The number of ether oxygens (including phenoxy) is 1. The zero-order valence-corrected chi connectivity index (χ0v) is 18.3. The Morgan fingerprint density at radius 2 is 1.72 bits per heavy atom. The third-order valence-electron chi connectivity index (χ3n) is 4.11. The maximum atomic E-state index is 14.7. The van der Waals surface area contributed by atoms with E-state index in [0.717, 1.165) is 23.3 Å². The molecule has 1 heterocycles. The van der Waals surface area contributed by atoms with Gasteiger partial charge in [-0.2, -0.15) is 0 Å². The second-order valence-corrected chi connectivity index (χ2v) is 7.51. The first-order chi connectivity index (χ1) is 13.9. The summed E-state index contributed by atoms with van der Waals surface area (Å²) in [5.74, 6) is -2.07. The lowest BCUT2D eigenvalue weighted by Crippen LogP contribution is -2.26. The summed E-state index contributed by atoms with van der Waals surface area (Å²) < 4.78 is 58.8. The molecule has 2 nitrogen and oxygen atoms in total. The molecule has 0 spiro atoms. The summed E-state index contributed by atoms with van der Waals surface area (Å²) in [6.07, 6.45) is -2.18. The lowest BCUT2D eigenvalue weighted by atomic mass is 9.91. The van der Waals surface area contributed by atoms with Gasteiger partial charge in [-0.1, -0.05) is 73.3 Å². The highest BCUT2D eigenvalue weighted by molar-refractivity contribution is 14.1. The van der Waals surface area contributed by atoms with Crippen molar-refractivity contribution in [2.45, 2.75) is 30.6 Å². The second-order valence-electron chi connectivity index (χ2n) is 6.01. The molecule has 0 aromatic heterocycles. The lowest BCUT2D eigenvalue weighted by Gasteiger charge is -2.29. The molecule has 0 aliphatic carbocycles. The van der Waals surface area contributed by atoms with Gasteiger partial charge in [-0.15, -0.1) is 0 Å². The summed E-state index contributed by atoms with van der Waals surface area (Å²) in [6, 6.07) is 11.1. The summed E-state index contributed by atoms with van der Waals surface area (Å²) >= 11 is 2.22. The van der Waals surface area contributed by atoms with Crippen molar-refractivity contribution in [2.75, 3.05) is 6.61 Å². The Bertz CT molecular complexity index is 861. The standard InChI is InChI=1S/C20H16F4INO.C2H6/c1-11-17(25)9-14(12-5-3-2-4-6-12)20(26-11)19-15(21)7-13(8-16(19)22)27-10-18(23)24;1-2/h2-8,17-18,26H,1,9-10H2;1-2H3. The molecule has 1 unspecified atom stereocenters. The Balaban J connectivity index is 0.00000145. The number of alkyl halides is 3. The molecule has 0 bridgehead atoms. The molecule has 156 valence electrons. The number of benzene rings is 2. The highest BCUT2D eigenvalue weighted by atomic mass is 127. The molecule has 0 radical (unpaired) electrons. The Morgan fingerprint density at radius 3 is 2.28 bits per heavy atom. The van der Waals surface area contributed by atoms with Crippen LogP contribution in [0.1, 0.15) is 31.4 Å². The van der Waals surface area contributed by atoms with E-state index in [-0.39, 0.29) is 20.9 Å². The number of hydrogen-bond donors (Lipinski definition) is 1. The zero-order chi connectivity index (χ0) is 21.6. The van der Waals surface area contributed by atoms with Gasteiger partial charge in [0.15, 0.2) is 0 Å². The van der Waals surface area contributed by atoms with Crippen LogP contribution in [0, 0.1) is 11.6 Å². The molecule has 1 atom stereocenters. The third kappa shape index (κ3) is 5.74. The summed E-state index contributed by atoms with van der Waals surface area (Å²) in [4.78, 5) is 0. The second kappa shape index (κ2) is 10.7. The monoisotopic (exact) mass is 519 g/mol. The molecule has 1 aliphatic heterocycles. The molecule has 1 aliphatic rings. The van der Waals surface area contributed by atoms with E-state index < -0.39 is 24.7 Å². The van der Waals surface area contributed by atoms with Gasteiger partial charge < -0.3 is 10.1 Å². The van der Waals surface area contributed by atoms with E-state index in [1.807, 2.05) is 44.2 Å². The van der Waals surface area contributed by atoms with E-state index in [1.54, 1.807) is 0 Å². The van der Waals surface area contributed by atoms with Crippen molar-refractivity contribution < 1.29 is 22.3 Å². The molecule has 2 aromatic carbocycles. The van der Waals surface area contributed by atoms with Gasteiger partial charge in [-0.3, -0.25) is 0 Å². The molecular formula is C22H22F4INO. The quantitative estimate of drug-likeness (QED) is 0.266. The van der Waals surface area contributed by atoms with Crippen molar-refractivity contribution in [3.8, 4) is 5.75 Å². The Labute approximate surface area is 181 Å². The summed E-state index contributed by atoms with van der Waals surface area (Å²) in [6.45, 7) is 6.99. The van der Waals surface area contributed by atoms with Crippen LogP contribution in [0.4, 0.5) is 17.6 Å². The SMILES string of the molecule is C=C1NC(c2c(F)cc(OCC(F)F)cc2F)=C(c2ccccc2)CC1I.CC. The van der Waals surface area contributed by atoms with Crippen molar-refractivity contribution in [1.29, 1.82) is 0 Å². The minimum atomic E-state index is -2.73. The normalized spacial score (nSPS) is 16.3. The number of hydrogen-bond acceptors (Lipinski definition) is 2. The third-order valence-corrected chi connectivity index (χ3v) is 5.30. The van der Waals surface area contributed by atoms with Gasteiger partial charge in [-0.05, 0) is 17.6 Å². The maximum Gasteiger partial charge on any atom is 0.272 e. The van der Waals surface area contributed by atoms with E-state index in [1.165, 1.54) is 0 Å². The summed E-state index contributed by atoms with van der Waals surface area (Å²) in [5.41, 5.74) is 2.26. The summed E-state index contributed by atoms with van der Waals surface area (Å²) in [7, 11) is 0. The molecule has 0 amide bonds. The molecule has 0 saturated carbocycles. The van der Waals surface area contributed by atoms with Crippen LogP contribution in [0.2, 0.25) is 0 Å². The zero-order valence-electron chi connectivity index (χ0n) is 16.1. The van der Waals surface area contributed by atoms with Crippen LogP contribution in [0.15, 0.2) is 54.7 Å². The molecule has 0 fully saturated rings. The Hall–Kier alpha value is -2.03. The number of rotatable bonds is 5. The molecule has 29 heavy (non-hydrogen) atoms. The van der Waals surface area contributed by atoms with E-state index in [9.17, 15) is 17.6 Å². The minimum Gasteiger partial charge on any atom is -0.487 e. The number of allylic oxidation sites excluding steroid dienone is 2. The van der Waals surface area contributed by atoms with Crippen LogP contribution in [-0.2, 0) is 0 Å². The first-order valence-electron chi connectivity index (χ1n) is 9.15. The predicted octanol–water partition coefficient (Wildman–Crippen LogP) is 6.81. The molecular weight excluding hydrogens is 497 g/mol. The fourth-order valence-electron chi connectivity index (χ4n) is 2.86. The van der Waals surface area contributed by atoms with E-state index >= 15 is 0 Å². The van der Waals surface area contributed by atoms with Crippen molar-refractivity contribution in [1.82, 2.24) is 5.32 Å². The molecule has 3 rings (SSSR count). The summed E-state index contributed by atoms with van der Waals surface area (Å²) in [5, 5.41) is 3.02. The van der Waals surface area contributed by atoms with Crippen LogP contribution >= 0.6 is 22.6 Å². The maximum absolute atomic E-state index is 14.7. The van der Waals surface area contributed by atoms with Crippen LogP contribution in [0.5, 0.6) is 5.75 Å². The van der Waals surface area contributed by atoms with Crippen molar-refractivity contribution in [3.63, 3.8) is 0 Å². The van der Waals surface area contributed by atoms with Crippen molar-refractivity contribution >= 4 is 33.9 Å². The molecule has 1 N–H and O–H groups in total. The predicted molar refractivity (Wildman–Crippen MR) is 117 cm³/mol. The fourth-order valence-corrected chi connectivity index (χ4v) is 3.46. The van der Waals surface area contributed by atoms with Crippen LogP contribution in [-0.4, -0.2) is 17.0 Å². The highest BCUT2D eigenvalue weighted by Gasteiger charge is 2.27. The first-order valence-corrected chi connectivity index (χ1v) is 10.4. The average molecular weight is 519 g/mol. The van der Waals surface area contributed by atoms with Gasteiger partial charge in [-0.25, -0.2) is 17.6 Å². The number of halogens is 5. The van der Waals surface area contributed by atoms with E-state index in [0.29, 0.717) is 12.1 Å². The first kappa shape index (κ1) is 23.3. The van der Waals surface area contributed by atoms with Gasteiger partial charge in [0, 0.05) is 17.8 Å². The Morgan fingerprint density at radius 1 is 1.14 bits per heavy atom. The van der Waals surface area contributed by atoms with E-state index in [2.05, 4.69) is 34.5 Å². The average Bonchev–Trinajstić information content (AvgIpc) is 2.70. The molecule has 0 saturated heterocycles. The van der Waals surface area contributed by atoms with Gasteiger partial charge >= 0.3 is 0 Å². The smallest absolute Gasteiger partial charge is 0.272 e. The highest BCUT2D eigenvalue weighted by Crippen LogP contribution is 2.39. The van der Waals surface area contributed by atoms with Crippen molar-refractivity contribution in [3.05, 3.63) is 77.5 Å². The van der Waals surface area contributed by atoms with Gasteiger partial charge in [0.05, 0.1) is 15.2 Å². The minimum absolute atomic E-state index is 0.0568. The number of nitrogens with one attached hydrogen (secondary N) is 1. The molecule has 7 heteroatoms. The van der Waals surface area contributed by atoms with Gasteiger partial charge in [0.1, 0.15) is 24.0 Å². The van der Waals surface area contributed by atoms with E-state index in [4.69, 9.17) is 4.74 Å². The molecule has 2 aromatic rings. The van der Waals surface area contributed by atoms with Crippen LogP contribution in [0.3, 0.4) is 0 Å². The van der Waals surface area contributed by atoms with Crippen molar-refractivity contribution in [2.24, 2.45) is 0 Å². The van der Waals surface area contributed by atoms with Crippen LogP contribution in [0.25, 0.3) is 11.3 Å². The fraction of sp³-hybridized carbons (Fsp3) is 0.273. The van der Waals surface area contributed by atoms with Gasteiger partial charge in [0.2, 0.25) is 0 Å². The lowest BCUT2D eigenvalue weighted by molar-refractivity contribution is 0.0815. The van der Waals surface area contributed by atoms with Gasteiger partial charge in [0.25, 0.3) is 6.43 Å².